The molecular formula is C11F13IO4. The van der Waals surface area contributed by atoms with Crippen molar-refractivity contribution in [3.63, 3.8) is 0 Å². The van der Waals surface area contributed by atoms with E-state index >= 15 is 0 Å². The molecule has 0 atom stereocenters. The van der Waals surface area contributed by atoms with Gasteiger partial charge in [0, 0.05) is 0 Å². The Kier molecular flexibility index (Phi) is 6.91. The molecule has 0 aromatic heterocycles. The number of carbonyl (C=O) groups is 2. The molecule has 29 heavy (non-hydrogen) atoms. The fraction of sp³-hybridized carbons (Fsp3) is 0.273. The third-order valence-electron chi connectivity index (χ3n) is 2.39. The van der Waals surface area contributed by atoms with Gasteiger partial charge in [0.2, 0.25) is 0 Å². The van der Waals surface area contributed by atoms with Crippen LogP contribution in [0.15, 0.2) is 0 Å². The molecule has 0 saturated carbocycles. The molecule has 1 aromatic carbocycles. The van der Waals surface area contributed by atoms with E-state index in [4.69, 9.17) is 0 Å². The molecule has 1 rings (SSSR count). The molecule has 0 amide bonds. The van der Waals surface area contributed by atoms with Crippen LogP contribution in [0.1, 0.15) is 5.56 Å². The van der Waals surface area contributed by atoms with Crippen molar-refractivity contribution < 1.29 is 72.8 Å². The SMILES string of the molecule is O=C(OI(OC(=O)C(F)(F)F)c1c(F)c(F)c(C(F)(F)F)c(F)c1F)C(F)(F)F. The fourth-order valence-electron chi connectivity index (χ4n) is 1.30. The summed E-state index contributed by atoms with van der Waals surface area (Å²) in [5.41, 5.74) is -3.23. The van der Waals surface area contributed by atoms with Crippen molar-refractivity contribution >= 4 is 32.6 Å². The molecule has 0 aliphatic heterocycles. The molecule has 4 nitrogen and oxygen atoms in total. The maximum atomic E-state index is 13.8. The minimum atomic E-state index is -6.10. The van der Waals surface area contributed by atoms with Crippen molar-refractivity contribution in [3.8, 4) is 0 Å². The number of halogens is 14. The van der Waals surface area contributed by atoms with Gasteiger partial charge in [-0.2, -0.15) is 0 Å². The molecule has 0 spiro atoms. The first-order chi connectivity index (χ1) is 12.8. The molecule has 0 N–H and O–H groups in total. The zero-order chi connectivity index (χ0) is 23.1. The van der Waals surface area contributed by atoms with Crippen LogP contribution in [0.3, 0.4) is 0 Å². The molecule has 166 valence electrons. The van der Waals surface area contributed by atoms with E-state index in [9.17, 15) is 66.7 Å². The Morgan fingerprint density at radius 1 is 0.621 bits per heavy atom. The minimum absolute atomic E-state index is 2.66. The number of benzene rings is 1. The Balaban J connectivity index is 3.68. The summed E-state index contributed by atoms with van der Waals surface area (Å²) in [6.07, 6.45) is -18.2. The van der Waals surface area contributed by atoms with Crippen LogP contribution in [0.4, 0.5) is 57.1 Å². The van der Waals surface area contributed by atoms with Crippen molar-refractivity contribution in [2.45, 2.75) is 18.5 Å². The van der Waals surface area contributed by atoms with Gasteiger partial charge < -0.3 is 0 Å². The van der Waals surface area contributed by atoms with Crippen molar-refractivity contribution in [2.24, 2.45) is 0 Å². The molecule has 0 radical (unpaired) electrons. The van der Waals surface area contributed by atoms with Gasteiger partial charge in [0.25, 0.3) is 0 Å². The van der Waals surface area contributed by atoms with E-state index in [1.807, 2.05) is 0 Å². The van der Waals surface area contributed by atoms with E-state index in [0.29, 0.717) is 0 Å². The molecule has 0 bridgehead atoms. The first kappa shape index (κ1) is 25.0. The summed E-state index contributed by atoms with van der Waals surface area (Å²) in [5.74, 6) is -19.9. The summed E-state index contributed by atoms with van der Waals surface area (Å²) < 4.78 is 169. The van der Waals surface area contributed by atoms with E-state index in [2.05, 4.69) is 6.13 Å². The van der Waals surface area contributed by atoms with Crippen LogP contribution in [0.25, 0.3) is 0 Å². The Hall–Kier alpha value is -2.02. The first-order valence-electron chi connectivity index (χ1n) is 6.02. The third kappa shape index (κ3) is 5.53. The Bertz CT molecular complexity index is 769. The van der Waals surface area contributed by atoms with Gasteiger partial charge in [0.15, 0.2) is 0 Å². The van der Waals surface area contributed by atoms with Crippen LogP contribution in [0.5, 0.6) is 0 Å². The van der Waals surface area contributed by atoms with Gasteiger partial charge in [0.05, 0.1) is 0 Å². The quantitative estimate of drug-likeness (QED) is 0.223. The van der Waals surface area contributed by atoms with Crippen LogP contribution in [-0.4, -0.2) is 24.3 Å². The van der Waals surface area contributed by atoms with Crippen molar-refractivity contribution in [1.82, 2.24) is 0 Å². The van der Waals surface area contributed by atoms with Gasteiger partial charge in [-0.05, 0) is 0 Å². The fourth-order valence-corrected chi connectivity index (χ4v) is 4.30. The average Bonchev–Trinajstić information content (AvgIpc) is 2.49. The molecule has 18 heteroatoms. The van der Waals surface area contributed by atoms with E-state index in [1.165, 1.54) is 0 Å². The van der Waals surface area contributed by atoms with Crippen LogP contribution < -0.4 is 0 Å². The molecule has 0 fully saturated rings. The molecular weight excluding hydrogens is 570 g/mol. The van der Waals surface area contributed by atoms with Gasteiger partial charge >= 0.3 is 156 Å². The number of rotatable bonds is 3. The molecule has 0 unspecified atom stereocenters. The van der Waals surface area contributed by atoms with Crippen molar-refractivity contribution in [1.29, 1.82) is 0 Å². The summed E-state index contributed by atoms with van der Waals surface area (Å²) in [7, 11) is 0. The number of hydrogen-bond donors (Lipinski definition) is 0. The first-order valence-corrected chi connectivity index (χ1v) is 8.86. The number of carbonyl (C=O) groups excluding carboxylic acids is 2. The van der Waals surface area contributed by atoms with E-state index in [-0.39, 0.29) is 0 Å². The summed E-state index contributed by atoms with van der Waals surface area (Å²) in [6, 6.07) is 0. The zero-order valence-corrected chi connectivity index (χ0v) is 14.6. The standard InChI is InChI=1S/C11F13IO4/c12-2-1(9(16,17)18)3(13)5(15)6(4(2)14)25(28-7(26)10(19,20)21)29-8(27)11(22,23)24. The zero-order valence-electron chi connectivity index (χ0n) is 12.4. The Labute approximate surface area is 157 Å². The number of hydrogen-bond acceptors (Lipinski definition) is 4. The third-order valence-corrected chi connectivity index (χ3v) is 5.82. The molecule has 0 aliphatic carbocycles. The topological polar surface area (TPSA) is 52.6 Å². The summed E-state index contributed by atoms with van der Waals surface area (Å²) >= 11 is -6.08. The second kappa shape index (κ2) is 8.01. The van der Waals surface area contributed by atoms with Crippen LogP contribution in [0.2, 0.25) is 0 Å². The van der Waals surface area contributed by atoms with E-state index in [0.717, 1.165) is 0 Å². The normalized spacial score (nSPS) is 13.2. The molecule has 0 saturated heterocycles. The second-order valence-corrected chi connectivity index (χ2v) is 7.58. The maximum absolute atomic E-state index is 13.8. The molecule has 0 aliphatic rings. The van der Waals surface area contributed by atoms with Gasteiger partial charge in [-0.3, -0.25) is 0 Å². The van der Waals surface area contributed by atoms with Gasteiger partial charge in [-0.25, -0.2) is 0 Å². The average molecular weight is 570 g/mol. The molecule has 0 heterocycles. The Morgan fingerprint density at radius 2 is 0.931 bits per heavy atom. The predicted molar refractivity (Wildman–Crippen MR) is 68.3 cm³/mol. The van der Waals surface area contributed by atoms with E-state index < -0.39 is 83.5 Å². The summed E-state index contributed by atoms with van der Waals surface area (Å²) in [5, 5.41) is 0. The van der Waals surface area contributed by atoms with Crippen molar-refractivity contribution in [2.75, 3.05) is 0 Å². The van der Waals surface area contributed by atoms with Crippen LogP contribution >= 0.6 is 20.6 Å². The Morgan fingerprint density at radius 3 is 1.17 bits per heavy atom. The van der Waals surface area contributed by atoms with Gasteiger partial charge in [-0.15, -0.1) is 0 Å². The van der Waals surface area contributed by atoms with Crippen LogP contribution in [-0.2, 0) is 21.9 Å². The van der Waals surface area contributed by atoms with Crippen molar-refractivity contribution in [3.05, 3.63) is 32.4 Å². The van der Waals surface area contributed by atoms with Crippen LogP contribution in [0, 0.1) is 26.8 Å². The summed E-state index contributed by atoms with van der Waals surface area (Å²) in [6.45, 7) is 0. The summed E-state index contributed by atoms with van der Waals surface area (Å²) in [4.78, 5) is 21.4. The second-order valence-electron chi connectivity index (χ2n) is 4.38. The van der Waals surface area contributed by atoms with Gasteiger partial charge in [0.1, 0.15) is 0 Å². The molecule has 1 aromatic rings. The monoisotopic (exact) mass is 570 g/mol. The van der Waals surface area contributed by atoms with E-state index in [1.54, 1.807) is 0 Å². The van der Waals surface area contributed by atoms with Gasteiger partial charge in [-0.1, -0.05) is 0 Å². The number of alkyl halides is 9. The predicted octanol–water partition coefficient (Wildman–Crippen LogP) is 4.98.